The van der Waals surface area contributed by atoms with Gasteiger partial charge in [-0.15, -0.1) is 0 Å². The van der Waals surface area contributed by atoms with Gasteiger partial charge in [-0.25, -0.2) is 4.98 Å². The van der Waals surface area contributed by atoms with Crippen LogP contribution in [0.1, 0.15) is 63.6 Å². The third-order valence-electron chi connectivity index (χ3n) is 5.37. The molecule has 1 atom stereocenters. The van der Waals surface area contributed by atoms with E-state index >= 15 is 0 Å². The summed E-state index contributed by atoms with van der Waals surface area (Å²) < 4.78 is 0. The number of aromatic nitrogens is 2. The van der Waals surface area contributed by atoms with Crippen LogP contribution in [0.5, 0.6) is 0 Å². The monoisotopic (exact) mass is 331 g/mol. The van der Waals surface area contributed by atoms with Crippen molar-refractivity contribution in [3.63, 3.8) is 0 Å². The lowest BCUT2D eigenvalue weighted by Gasteiger charge is -2.53. The van der Waals surface area contributed by atoms with Crippen LogP contribution in [0.2, 0.25) is 0 Å². The van der Waals surface area contributed by atoms with E-state index in [1.165, 1.54) is 24.8 Å². The van der Waals surface area contributed by atoms with Crippen LogP contribution in [0.4, 0.5) is 0 Å². The second kappa shape index (κ2) is 5.82. The fourth-order valence-electron chi connectivity index (χ4n) is 4.10. The number of aryl methyl sites for hydroxylation is 1. The van der Waals surface area contributed by atoms with E-state index in [2.05, 4.69) is 62.7 Å². The molecular weight excluding hydrogens is 302 g/mol. The maximum absolute atomic E-state index is 4.89. The lowest BCUT2D eigenvalue weighted by Crippen LogP contribution is -2.59. The molecule has 3 rings (SSSR count). The van der Waals surface area contributed by atoms with Gasteiger partial charge in [-0.05, 0) is 71.6 Å². The number of hydrogen-bond donors (Lipinski definition) is 2. The Morgan fingerprint density at radius 1 is 1.22 bits per heavy atom. The Kier molecular flexibility index (Phi) is 4.26. The van der Waals surface area contributed by atoms with E-state index in [1.807, 2.05) is 0 Å². The Labute approximate surface area is 145 Å². The van der Waals surface area contributed by atoms with Gasteiger partial charge in [-0.2, -0.15) is 12.6 Å². The largest absolute Gasteiger partial charge is 0.341 e. The summed E-state index contributed by atoms with van der Waals surface area (Å²) in [6, 6.07) is 6.35. The number of nitrogens with one attached hydrogen (secondary N) is 1. The molecule has 1 aliphatic rings. The van der Waals surface area contributed by atoms with Gasteiger partial charge >= 0.3 is 0 Å². The minimum absolute atomic E-state index is 0.0966. The molecule has 1 unspecified atom stereocenters. The van der Waals surface area contributed by atoms with Crippen LogP contribution in [0, 0.1) is 6.92 Å². The van der Waals surface area contributed by atoms with Crippen LogP contribution in [-0.2, 0) is 0 Å². The molecule has 0 amide bonds. The topological polar surface area (TPSA) is 31.9 Å². The van der Waals surface area contributed by atoms with Crippen LogP contribution in [0.15, 0.2) is 18.2 Å². The third-order valence-corrected chi connectivity index (χ3v) is 5.77. The first-order chi connectivity index (χ1) is 10.7. The predicted molar refractivity (Wildman–Crippen MR) is 101 cm³/mol. The summed E-state index contributed by atoms with van der Waals surface area (Å²) in [4.78, 5) is 10.8. The van der Waals surface area contributed by atoms with Crippen LogP contribution in [0.3, 0.4) is 0 Å². The van der Waals surface area contributed by atoms with Crippen LogP contribution < -0.4 is 0 Å². The van der Waals surface area contributed by atoms with Crippen LogP contribution in [-0.4, -0.2) is 32.5 Å². The van der Waals surface area contributed by atoms with Crippen molar-refractivity contribution in [2.24, 2.45) is 0 Å². The van der Waals surface area contributed by atoms with Crippen molar-refractivity contribution in [2.75, 3.05) is 6.54 Å². The third kappa shape index (κ3) is 3.29. The lowest BCUT2D eigenvalue weighted by atomic mass is 9.79. The van der Waals surface area contributed by atoms with Crippen molar-refractivity contribution in [1.82, 2.24) is 14.9 Å². The van der Waals surface area contributed by atoms with Gasteiger partial charge in [0.25, 0.3) is 0 Å². The van der Waals surface area contributed by atoms with Crippen LogP contribution in [0.25, 0.3) is 11.0 Å². The van der Waals surface area contributed by atoms with Gasteiger partial charge in [0.05, 0.1) is 16.3 Å². The molecule has 23 heavy (non-hydrogen) atoms. The Hall–Kier alpha value is -1.00. The fraction of sp³-hybridized carbons (Fsp3) is 0.632. The average molecular weight is 332 g/mol. The van der Waals surface area contributed by atoms with E-state index in [-0.39, 0.29) is 16.3 Å². The van der Waals surface area contributed by atoms with E-state index in [9.17, 15) is 0 Å². The van der Waals surface area contributed by atoms with Crippen molar-refractivity contribution >= 4 is 23.7 Å². The molecule has 1 fully saturated rings. The highest BCUT2D eigenvalue weighted by atomic mass is 32.1. The Bertz CT molecular complexity index is 686. The summed E-state index contributed by atoms with van der Waals surface area (Å²) in [6.45, 7) is 12.5. The van der Waals surface area contributed by atoms with E-state index in [0.29, 0.717) is 0 Å². The van der Waals surface area contributed by atoms with Crippen molar-refractivity contribution in [1.29, 1.82) is 0 Å². The number of benzene rings is 1. The number of hydrogen-bond acceptors (Lipinski definition) is 3. The first-order valence-electron chi connectivity index (χ1n) is 8.61. The van der Waals surface area contributed by atoms with Crippen molar-refractivity contribution in [2.45, 2.75) is 70.2 Å². The molecule has 0 radical (unpaired) electrons. The summed E-state index contributed by atoms with van der Waals surface area (Å²) >= 11 is 4.89. The van der Waals surface area contributed by atoms with E-state index in [1.54, 1.807) is 0 Å². The maximum atomic E-state index is 4.89. The van der Waals surface area contributed by atoms with Gasteiger partial charge in [0.1, 0.15) is 5.82 Å². The van der Waals surface area contributed by atoms with Gasteiger partial charge in [-0.1, -0.05) is 6.07 Å². The molecule has 1 aliphatic heterocycles. The number of imidazole rings is 1. The SMILES string of the molecule is Cc1ccc2nc(C(S)CN3C(C)(C)CCCC3(C)C)[nH]c2c1. The number of likely N-dealkylation sites (tertiary alicyclic amines) is 1. The second-order valence-electron chi connectivity index (χ2n) is 8.25. The molecule has 126 valence electrons. The molecular formula is C19H29N3S. The highest BCUT2D eigenvalue weighted by Crippen LogP contribution is 2.40. The summed E-state index contributed by atoms with van der Waals surface area (Å²) in [5, 5.41) is 0.0966. The second-order valence-corrected chi connectivity index (χ2v) is 8.87. The number of H-pyrrole nitrogens is 1. The molecule has 1 saturated heterocycles. The molecule has 1 N–H and O–H groups in total. The molecule has 1 aromatic heterocycles. The summed E-state index contributed by atoms with van der Waals surface area (Å²) in [5.41, 5.74) is 3.82. The van der Waals surface area contributed by atoms with E-state index in [0.717, 1.165) is 23.4 Å². The van der Waals surface area contributed by atoms with Gasteiger partial charge in [-0.3, -0.25) is 4.90 Å². The fourth-order valence-corrected chi connectivity index (χ4v) is 4.38. The first-order valence-corrected chi connectivity index (χ1v) is 9.13. The number of fused-ring (bicyclic) bond motifs is 1. The quantitative estimate of drug-likeness (QED) is 0.785. The Balaban J connectivity index is 1.85. The van der Waals surface area contributed by atoms with Gasteiger partial charge in [0, 0.05) is 17.6 Å². The number of nitrogens with zero attached hydrogens (tertiary/aromatic N) is 2. The highest BCUT2D eigenvalue weighted by molar-refractivity contribution is 7.80. The maximum Gasteiger partial charge on any atom is 0.121 e. The number of thiol groups is 1. The molecule has 1 aromatic carbocycles. The molecule has 2 aromatic rings. The summed E-state index contributed by atoms with van der Waals surface area (Å²) in [6.07, 6.45) is 3.80. The predicted octanol–water partition coefficient (Wildman–Crippen LogP) is 4.89. The normalized spacial score (nSPS) is 22.3. The molecule has 4 heteroatoms. The highest BCUT2D eigenvalue weighted by Gasteiger charge is 2.41. The molecule has 3 nitrogen and oxygen atoms in total. The Morgan fingerprint density at radius 2 is 1.87 bits per heavy atom. The summed E-state index contributed by atoms with van der Waals surface area (Å²) in [7, 11) is 0. The van der Waals surface area contributed by atoms with Crippen molar-refractivity contribution in [3.05, 3.63) is 29.6 Å². The number of aromatic amines is 1. The molecule has 0 spiro atoms. The molecule has 0 aliphatic carbocycles. The average Bonchev–Trinajstić information content (AvgIpc) is 2.85. The number of piperidine rings is 1. The van der Waals surface area contributed by atoms with Gasteiger partial charge in [0.2, 0.25) is 0 Å². The van der Waals surface area contributed by atoms with Crippen molar-refractivity contribution < 1.29 is 0 Å². The van der Waals surface area contributed by atoms with Crippen LogP contribution >= 0.6 is 12.6 Å². The minimum atomic E-state index is 0.0966. The van der Waals surface area contributed by atoms with E-state index in [4.69, 9.17) is 17.6 Å². The zero-order valence-electron chi connectivity index (χ0n) is 15.0. The molecule has 2 heterocycles. The van der Waals surface area contributed by atoms with E-state index < -0.39 is 0 Å². The molecule has 0 saturated carbocycles. The van der Waals surface area contributed by atoms with Gasteiger partial charge in [0.15, 0.2) is 0 Å². The van der Waals surface area contributed by atoms with Crippen molar-refractivity contribution in [3.8, 4) is 0 Å². The number of rotatable bonds is 3. The zero-order chi connectivity index (χ0) is 16.8. The lowest BCUT2D eigenvalue weighted by molar-refractivity contribution is -0.0263. The zero-order valence-corrected chi connectivity index (χ0v) is 15.9. The first kappa shape index (κ1) is 16.8. The van der Waals surface area contributed by atoms with Gasteiger partial charge < -0.3 is 4.98 Å². The minimum Gasteiger partial charge on any atom is -0.341 e. The Morgan fingerprint density at radius 3 is 2.52 bits per heavy atom. The summed E-state index contributed by atoms with van der Waals surface area (Å²) in [5.74, 6) is 0.978. The smallest absolute Gasteiger partial charge is 0.121 e. The standard InChI is InChI=1S/C19H29N3S/c1-13-7-8-14-15(11-13)21-17(20-14)16(23)12-22-18(2,3)9-6-10-19(22,4)5/h7-8,11,16,23H,6,9-10,12H2,1-5H3,(H,20,21). The molecule has 0 bridgehead atoms.